The lowest BCUT2D eigenvalue weighted by Gasteiger charge is -2.22. The molecule has 25 heavy (non-hydrogen) atoms. The van der Waals surface area contributed by atoms with Crippen LogP contribution < -0.4 is 20.7 Å². The summed E-state index contributed by atoms with van der Waals surface area (Å²) in [6.07, 6.45) is 0. The topological polar surface area (TPSA) is 105 Å². The number of aryl methyl sites for hydroxylation is 1. The molecule has 8 heteroatoms. The number of amides is 2. The summed E-state index contributed by atoms with van der Waals surface area (Å²) in [5.74, 6) is 0.553. The SMILES string of the molecule is Cc1cc(NC(=O)[C@@H](C)N[C@@H](C)c2ccc3c(c2)NC(=O)CO3)on1. The number of nitrogens with one attached hydrogen (secondary N) is 3. The molecule has 3 N–H and O–H groups in total. The molecule has 1 aromatic carbocycles. The van der Waals surface area contributed by atoms with E-state index >= 15 is 0 Å². The molecule has 132 valence electrons. The van der Waals surface area contributed by atoms with Gasteiger partial charge in [0.1, 0.15) is 5.75 Å². The van der Waals surface area contributed by atoms with Gasteiger partial charge in [0, 0.05) is 12.1 Å². The van der Waals surface area contributed by atoms with E-state index in [1.807, 2.05) is 25.1 Å². The second-order valence-corrected chi connectivity index (χ2v) is 6.02. The number of nitrogens with zero attached hydrogens (tertiary/aromatic N) is 1. The summed E-state index contributed by atoms with van der Waals surface area (Å²) >= 11 is 0. The molecule has 0 fully saturated rings. The molecule has 0 saturated carbocycles. The quantitative estimate of drug-likeness (QED) is 0.766. The van der Waals surface area contributed by atoms with Crippen molar-refractivity contribution in [2.75, 3.05) is 17.2 Å². The molecule has 2 atom stereocenters. The summed E-state index contributed by atoms with van der Waals surface area (Å²) in [6, 6.07) is 6.64. The minimum atomic E-state index is -0.456. The maximum Gasteiger partial charge on any atom is 0.262 e. The molecule has 0 saturated heterocycles. The number of rotatable bonds is 5. The summed E-state index contributed by atoms with van der Waals surface area (Å²) in [5.41, 5.74) is 2.26. The normalized spacial score (nSPS) is 15.6. The van der Waals surface area contributed by atoms with Crippen molar-refractivity contribution in [3.05, 3.63) is 35.5 Å². The molecular formula is C17H20N4O4. The fraction of sp³-hybridized carbons (Fsp3) is 0.353. The van der Waals surface area contributed by atoms with E-state index in [-0.39, 0.29) is 24.5 Å². The number of aromatic nitrogens is 1. The Morgan fingerprint density at radius 2 is 2.12 bits per heavy atom. The Hall–Kier alpha value is -2.87. The second kappa shape index (κ2) is 6.94. The predicted molar refractivity (Wildman–Crippen MR) is 91.4 cm³/mol. The van der Waals surface area contributed by atoms with Crippen molar-refractivity contribution in [1.82, 2.24) is 10.5 Å². The zero-order chi connectivity index (χ0) is 18.0. The van der Waals surface area contributed by atoms with E-state index in [4.69, 9.17) is 9.26 Å². The summed E-state index contributed by atoms with van der Waals surface area (Å²) in [5, 5.41) is 12.4. The Morgan fingerprint density at radius 3 is 2.84 bits per heavy atom. The number of carbonyl (C=O) groups is 2. The van der Waals surface area contributed by atoms with Crippen LogP contribution in [0.5, 0.6) is 5.75 Å². The molecule has 0 aliphatic carbocycles. The van der Waals surface area contributed by atoms with Crippen LogP contribution in [-0.4, -0.2) is 29.6 Å². The van der Waals surface area contributed by atoms with Gasteiger partial charge < -0.3 is 14.6 Å². The number of anilines is 2. The van der Waals surface area contributed by atoms with Crippen molar-refractivity contribution < 1.29 is 18.8 Å². The van der Waals surface area contributed by atoms with Gasteiger partial charge in [0.2, 0.25) is 11.8 Å². The zero-order valence-corrected chi connectivity index (χ0v) is 14.3. The average molecular weight is 344 g/mol. The average Bonchev–Trinajstić information content (AvgIpc) is 2.98. The van der Waals surface area contributed by atoms with Crippen LogP contribution in [0.4, 0.5) is 11.6 Å². The summed E-state index contributed by atoms with van der Waals surface area (Å²) in [7, 11) is 0. The number of fused-ring (bicyclic) bond motifs is 1. The minimum Gasteiger partial charge on any atom is -0.482 e. The first-order valence-corrected chi connectivity index (χ1v) is 7.99. The van der Waals surface area contributed by atoms with Crippen LogP contribution in [0.3, 0.4) is 0 Å². The van der Waals surface area contributed by atoms with E-state index in [0.717, 1.165) is 5.56 Å². The van der Waals surface area contributed by atoms with Gasteiger partial charge in [-0.1, -0.05) is 11.2 Å². The van der Waals surface area contributed by atoms with Crippen molar-refractivity contribution in [2.45, 2.75) is 32.9 Å². The van der Waals surface area contributed by atoms with E-state index in [1.54, 1.807) is 19.9 Å². The highest BCUT2D eigenvalue weighted by Gasteiger charge is 2.20. The third-order valence-corrected chi connectivity index (χ3v) is 3.90. The standard InChI is InChI=1S/C17H20N4O4/c1-9-6-16(25-21-9)20-17(23)11(3)18-10(2)12-4-5-14-13(7-12)19-15(22)8-24-14/h4-7,10-11,18H,8H2,1-3H3,(H,19,22)(H,20,23)/t10-,11+/m0/s1. The molecule has 2 amide bonds. The molecule has 8 nitrogen and oxygen atoms in total. The fourth-order valence-electron chi connectivity index (χ4n) is 2.57. The predicted octanol–water partition coefficient (Wildman–Crippen LogP) is 1.99. The molecule has 1 aliphatic rings. The van der Waals surface area contributed by atoms with Crippen molar-refractivity contribution in [2.24, 2.45) is 0 Å². The van der Waals surface area contributed by atoms with Crippen molar-refractivity contribution in [3.63, 3.8) is 0 Å². The van der Waals surface area contributed by atoms with E-state index < -0.39 is 6.04 Å². The van der Waals surface area contributed by atoms with Crippen LogP contribution >= 0.6 is 0 Å². The lowest BCUT2D eigenvalue weighted by atomic mass is 10.1. The molecule has 0 bridgehead atoms. The summed E-state index contributed by atoms with van der Waals surface area (Å²) < 4.78 is 10.3. The minimum absolute atomic E-state index is 0.0263. The van der Waals surface area contributed by atoms with Crippen LogP contribution in [0.25, 0.3) is 0 Å². The van der Waals surface area contributed by atoms with Crippen molar-refractivity contribution in [3.8, 4) is 5.75 Å². The van der Waals surface area contributed by atoms with Crippen LogP contribution in [0.15, 0.2) is 28.8 Å². The molecule has 0 radical (unpaired) electrons. The number of hydrogen-bond donors (Lipinski definition) is 3. The highest BCUT2D eigenvalue weighted by molar-refractivity contribution is 5.95. The van der Waals surface area contributed by atoms with Gasteiger partial charge in [-0.25, -0.2) is 0 Å². The van der Waals surface area contributed by atoms with E-state index in [2.05, 4.69) is 21.1 Å². The Labute approximate surface area is 144 Å². The summed E-state index contributed by atoms with van der Waals surface area (Å²) in [4.78, 5) is 23.7. The smallest absolute Gasteiger partial charge is 0.262 e. The number of carbonyl (C=O) groups excluding carboxylic acids is 2. The Bertz CT molecular complexity index is 802. The van der Waals surface area contributed by atoms with Crippen LogP contribution in [0.2, 0.25) is 0 Å². The Balaban J connectivity index is 1.63. The Kier molecular flexibility index (Phi) is 4.71. The molecule has 2 heterocycles. The van der Waals surface area contributed by atoms with Gasteiger partial charge in [0.05, 0.1) is 17.4 Å². The number of hydrogen-bond acceptors (Lipinski definition) is 6. The van der Waals surface area contributed by atoms with Gasteiger partial charge in [-0.15, -0.1) is 0 Å². The summed E-state index contributed by atoms with van der Waals surface area (Å²) in [6.45, 7) is 5.51. The molecule has 3 rings (SSSR count). The number of benzene rings is 1. The van der Waals surface area contributed by atoms with E-state index in [1.165, 1.54) is 0 Å². The van der Waals surface area contributed by atoms with Crippen LogP contribution in [0, 0.1) is 6.92 Å². The van der Waals surface area contributed by atoms with Crippen molar-refractivity contribution >= 4 is 23.4 Å². The first kappa shape index (κ1) is 17.0. The first-order chi connectivity index (χ1) is 11.9. The fourth-order valence-corrected chi connectivity index (χ4v) is 2.57. The van der Waals surface area contributed by atoms with Gasteiger partial charge >= 0.3 is 0 Å². The largest absolute Gasteiger partial charge is 0.482 e. The molecule has 2 aromatic rings. The second-order valence-electron chi connectivity index (χ2n) is 6.02. The molecule has 1 aliphatic heterocycles. The van der Waals surface area contributed by atoms with Crippen LogP contribution in [-0.2, 0) is 9.59 Å². The first-order valence-electron chi connectivity index (χ1n) is 7.99. The van der Waals surface area contributed by atoms with Gasteiger partial charge in [0.15, 0.2) is 6.61 Å². The number of ether oxygens (including phenoxy) is 1. The molecule has 0 spiro atoms. The Morgan fingerprint density at radius 1 is 1.32 bits per heavy atom. The third-order valence-electron chi connectivity index (χ3n) is 3.90. The molecule has 0 unspecified atom stereocenters. The zero-order valence-electron chi connectivity index (χ0n) is 14.3. The highest BCUT2D eigenvalue weighted by atomic mass is 16.5. The van der Waals surface area contributed by atoms with Crippen molar-refractivity contribution in [1.29, 1.82) is 0 Å². The van der Waals surface area contributed by atoms with Gasteiger partial charge in [-0.2, -0.15) is 0 Å². The van der Waals surface area contributed by atoms with Gasteiger partial charge in [0.25, 0.3) is 5.91 Å². The van der Waals surface area contributed by atoms with Gasteiger partial charge in [-0.3, -0.25) is 20.2 Å². The lowest BCUT2D eigenvalue weighted by molar-refractivity contribution is -0.119. The maximum atomic E-state index is 12.2. The lowest BCUT2D eigenvalue weighted by Crippen LogP contribution is -2.39. The van der Waals surface area contributed by atoms with E-state index in [9.17, 15) is 9.59 Å². The molecule has 1 aromatic heterocycles. The maximum absolute atomic E-state index is 12.2. The third kappa shape index (κ3) is 3.97. The van der Waals surface area contributed by atoms with Gasteiger partial charge in [-0.05, 0) is 38.5 Å². The van der Waals surface area contributed by atoms with Crippen LogP contribution in [0.1, 0.15) is 31.1 Å². The van der Waals surface area contributed by atoms with E-state index in [0.29, 0.717) is 23.0 Å². The highest BCUT2D eigenvalue weighted by Crippen LogP contribution is 2.30. The monoisotopic (exact) mass is 344 g/mol. The molecular weight excluding hydrogens is 324 g/mol.